The monoisotopic (exact) mass is 185 g/mol. The lowest BCUT2D eigenvalue weighted by Crippen LogP contribution is -2.34. The average molecular weight is 186 g/mol. The van der Waals surface area contributed by atoms with Gasteiger partial charge >= 0.3 is 0 Å². The van der Waals surface area contributed by atoms with E-state index in [-0.39, 0.29) is 0 Å². The fourth-order valence-electron chi connectivity index (χ4n) is 2.41. The molecule has 0 bridgehead atoms. The van der Waals surface area contributed by atoms with Crippen molar-refractivity contribution < 1.29 is 0 Å². The summed E-state index contributed by atoms with van der Waals surface area (Å²) in [5.74, 6) is 2.01. The van der Waals surface area contributed by atoms with Gasteiger partial charge in [0.25, 0.3) is 0 Å². The van der Waals surface area contributed by atoms with Crippen molar-refractivity contribution in [3.63, 3.8) is 0 Å². The molecule has 0 saturated heterocycles. The van der Waals surface area contributed by atoms with E-state index in [2.05, 4.69) is 11.9 Å². The van der Waals surface area contributed by atoms with Crippen molar-refractivity contribution in [2.24, 2.45) is 11.8 Å². The molecule has 2 fully saturated rings. The van der Waals surface area contributed by atoms with E-state index < -0.39 is 0 Å². The van der Waals surface area contributed by atoms with Crippen LogP contribution in [-0.4, -0.2) is 12.6 Å². The molecule has 0 radical (unpaired) electrons. The van der Waals surface area contributed by atoms with E-state index in [1.807, 2.05) is 0 Å². The summed E-state index contributed by atoms with van der Waals surface area (Å²) in [5.41, 5.74) is 0. The Hall–Kier alpha value is -0.0100. The molecule has 0 aromatic heterocycles. The lowest BCUT2D eigenvalue weighted by Gasteiger charge is -2.22. The van der Waals surface area contributed by atoms with Crippen LogP contribution < -0.4 is 5.32 Å². The molecule has 1 nitrogen and oxygen atoms in total. The normalized spacial score (nSPS) is 38.9. The van der Waals surface area contributed by atoms with Crippen molar-refractivity contribution in [3.8, 4) is 0 Å². The Morgan fingerprint density at radius 1 is 1.50 bits per heavy atom. The summed E-state index contributed by atoms with van der Waals surface area (Å²) in [6, 6.07) is 0.735. The largest absolute Gasteiger partial charge is 0.309 e. The first-order chi connectivity index (χ1) is 5.77. The minimum Gasteiger partial charge on any atom is -0.309 e. The van der Waals surface area contributed by atoms with E-state index in [0.29, 0.717) is 0 Å². The van der Waals surface area contributed by atoms with Gasteiger partial charge in [-0.15, -0.1) is 0 Å². The lowest BCUT2D eigenvalue weighted by atomic mass is 9.95. The molecule has 2 saturated carbocycles. The highest BCUT2D eigenvalue weighted by atomic mass is 35.5. The molecule has 0 amide bonds. The van der Waals surface area contributed by atoms with Gasteiger partial charge in [-0.2, -0.15) is 0 Å². The second-order valence-corrected chi connectivity index (χ2v) is 4.63. The molecular formula is C10H16ClN. The number of fused-ring (bicyclic) bond motifs is 1. The van der Waals surface area contributed by atoms with Gasteiger partial charge in [0.15, 0.2) is 0 Å². The molecule has 12 heavy (non-hydrogen) atoms. The van der Waals surface area contributed by atoms with Gasteiger partial charge in [-0.1, -0.05) is 31.0 Å². The highest BCUT2D eigenvalue weighted by Gasteiger charge is 2.44. The zero-order valence-electron chi connectivity index (χ0n) is 7.35. The van der Waals surface area contributed by atoms with Gasteiger partial charge < -0.3 is 5.32 Å². The number of hydrogen-bond acceptors (Lipinski definition) is 1. The Morgan fingerprint density at radius 3 is 3.08 bits per heavy atom. The molecule has 3 unspecified atom stereocenters. The van der Waals surface area contributed by atoms with Crippen molar-refractivity contribution in [2.45, 2.75) is 31.7 Å². The second kappa shape index (κ2) is 3.39. The fourth-order valence-corrected chi connectivity index (χ4v) is 2.48. The molecule has 2 aliphatic rings. The van der Waals surface area contributed by atoms with Crippen LogP contribution in [0, 0.1) is 11.8 Å². The van der Waals surface area contributed by atoms with E-state index in [1.54, 1.807) is 0 Å². The third kappa shape index (κ3) is 1.83. The maximum atomic E-state index is 5.70. The Labute approximate surface area is 79.2 Å². The predicted molar refractivity (Wildman–Crippen MR) is 52.2 cm³/mol. The van der Waals surface area contributed by atoms with Crippen molar-refractivity contribution in [2.75, 3.05) is 6.54 Å². The van der Waals surface area contributed by atoms with Crippen molar-refractivity contribution in [1.82, 2.24) is 5.32 Å². The lowest BCUT2D eigenvalue weighted by molar-refractivity contribution is 0.364. The number of hydrogen-bond donors (Lipinski definition) is 1. The van der Waals surface area contributed by atoms with Crippen molar-refractivity contribution >= 4 is 11.6 Å². The van der Waals surface area contributed by atoms with Gasteiger partial charge in [-0.3, -0.25) is 0 Å². The van der Waals surface area contributed by atoms with Crippen LogP contribution in [0.25, 0.3) is 0 Å². The van der Waals surface area contributed by atoms with Crippen LogP contribution in [0.15, 0.2) is 11.6 Å². The van der Waals surface area contributed by atoms with Crippen LogP contribution in [0.1, 0.15) is 25.7 Å². The predicted octanol–water partition coefficient (Wildman–Crippen LogP) is 2.52. The van der Waals surface area contributed by atoms with Crippen LogP contribution in [-0.2, 0) is 0 Å². The summed E-state index contributed by atoms with van der Waals surface area (Å²) >= 11 is 5.70. The van der Waals surface area contributed by atoms with Gasteiger partial charge in [-0.25, -0.2) is 0 Å². The van der Waals surface area contributed by atoms with Gasteiger partial charge in [-0.05, 0) is 24.7 Å². The molecule has 2 heteroatoms. The molecule has 2 aliphatic carbocycles. The van der Waals surface area contributed by atoms with Gasteiger partial charge in [0.05, 0.1) is 0 Å². The van der Waals surface area contributed by atoms with Gasteiger partial charge in [0, 0.05) is 17.6 Å². The molecule has 3 atom stereocenters. The molecule has 2 rings (SSSR count). The zero-order valence-corrected chi connectivity index (χ0v) is 8.11. The summed E-state index contributed by atoms with van der Waals surface area (Å²) in [4.78, 5) is 0. The molecule has 0 spiro atoms. The minimum absolute atomic E-state index is 0.734. The zero-order chi connectivity index (χ0) is 8.55. The van der Waals surface area contributed by atoms with Crippen LogP contribution in [0.3, 0.4) is 0 Å². The standard InChI is InChI=1S/C10H16ClN/c1-7(11)6-12-10-4-2-3-8-5-9(8)10/h8-10,12H,1-6H2. The topological polar surface area (TPSA) is 12.0 Å². The van der Waals surface area contributed by atoms with Crippen LogP contribution in [0.4, 0.5) is 0 Å². The molecule has 0 aromatic carbocycles. The third-order valence-corrected chi connectivity index (χ3v) is 3.27. The third-order valence-electron chi connectivity index (χ3n) is 3.14. The van der Waals surface area contributed by atoms with Crippen molar-refractivity contribution in [3.05, 3.63) is 11.6 Å². The Kier molecular flexibility index (Phi) is 2.42. The van der Waals surface area contributed by atoms with Crippen LogP contribution in [0.5, 0.6) is 0 Å². The Balaban J connectivity index is 1.76. The van der Waals surface area contributed by atoms with E-state index in [4.69, 9.17) is 11.6 Å². The van der Waals surface area contributed by atoms with Gasteiger partial charge in [0.1, 0.15) is 0 Å². The molecule has 0 aromatic rings. The number of nitrogens with one attached hydrogen (secondary N) is 1. The average Bonchev–Trinajstić information content (AvgIpc) is 2.78. The second-order valence-electron chi connectivity index (χ2n) is 4.10. The van der Waals surface area contributed by atoms with E-state index in [9.17, 15) is 0 Å². The highest BCUT2D eigenvalue weighted by molar-refractivity contribution is 6.29. The van der Waals surface area contributed by atoms with E-state index in [1.165, 1.54) is 25.7 Å². The highest BCUT2D eigenvalue weighted by Crippen LogP contribution is 2.49. The summed E-state index contributed by atoms with van der Waals surface area (Å²) in [5, 5.41) is 4.22. The maximum Gasteiger partial charge on any atom is 0.0310 e. The molecule has 0 aliphatic heterocycles. The molecular weight excluding hydrogens is 170 g/mol. The smallest absolute Gasteiger partial charge is 0.0310 e. The molecule has 1 N–H and O–H groups in total. The number of halogens is 1. The molecule has 0 heterocycles. The summed E-state index contributed by atoms with van der Waals surface area (Å²) < 4.78 is 0. The SMILES string of the molecule is C=C(Cl)CNC1CCCC2CC21. The van der Waals surface area contributed by atoms with Gasteiger partial charge in [0.2, 0.25) is 0 Å². The maximum absolute atomic E-state index is 5.70. The fraction of sp³-hybridized carbons (Fsp3) is 0.800. The van der Waals surface area contributed by atoms with E-state index in [0.717, 1.165) is 29.5 Å². The Bertz CT molecular complexity index is 190. The van der Waals surface area contributed by atoms with Crippen molar-refractivity contribution in [1.29, 1.82) is 0 Å². The van der Waals surface area contributed by atoms with E-state index >= 15 is 0 Å². The first-order valence-electron chi connectivity index (χ1n) is 4.84. The first kappa shape index (κ1) is 8.58. The number of rotatable bonds is 3. The molecule has 68 valence electrons. The summed E-state index contributed by atoms with van der Waals surface area (Å²) in [6.45, 7) is 4.47. The summed E-state index contributed by atoms with van der Waals surface area (Å²) in [6.07, 6.45) is 5.65. The van der Waals surface area contributed by atoms with Crippen LogP contribution in [0.2, 0.25) is 0 Å². The Morgan fingerprint density at radius 2 is 2.33 bits per heavy atom. The quantitative estimate of drug-likeness (QED) is 0.713. The van der Waals surface area contributed by atoms with Crippen LogP contribution >= 0.6 is 11.6 Å². The summed E-state index contributed by atoms with van der Waals surface area (Å²) in [7, 11) is 0. The minimum atomic E-state index is 0.734. The first-order valence-corrected chi connectivity index (χ1v) is 5.22.